The van der Waals surface area contributed by atoms with E-state index in [4.69, 9.17) is 8.83 Å². The highest BCUT2D eigenvalue weighted by Gasteiger charge is 2.37. The summed E-state index contributed by atoms with van der Waals surface area (Å²) in [6.45, 7) is 1.25. The Kier molecular flexibility index (Phi) is 4.77. The summed E-state index contributed by atoms with van der Waals surface area (Å²) >= 11 is 0. The second-order valence-electron chi connectivity index (χ2n) is 7.54. The zero-order chi connectivity index (χ0) is 19.6. The van der Waals surface area contributed by atoms with Gasteiger partial charge in [0.25, 0.3) is 5.91 Å². The van der Waals surface area contributed by atoms with E-state index in [1.807, 2.05) is 30.3 Å². The maximum Gasteiger partial charge on any atom is 0.257 e. The van der Waals surface area contributed by atoms with Gasteiger partial charge < -0.3 is 8.83 Å². The fraction of sp³-hybridized carbons (Fsp3) is 0.304. The number of amides is 1. The van der Waals surface area contributed by atoms with Crippen molar-refractivity contribution >= 4 is 11.6 Å². The summed E-state index contributed by atoms with van der Waals surface area (Å²) in [6, 6.07) is 17.9. The van der Waals surface area contributed by atoms with Crippen molar-refractivity contribution < 1.29 is 13.6 Å². The Morgan fingerprint density at radius 3 is 2.59 bits per heavy atom. The first kappa shape index (κ1) is 17.9. The molecular formula is C23H23N3O3. The predicted molar refractivity (Wildman–Crippen MR) is 108 cm³/mol. The van der Waals surface area contributed by atoms with Gasteiger partial charge in [-0.15, -0.1) is 0 Å². The first-order valence-electron chi connectivity index (χ1n) is 10.1. The lowest BCUT2D eigenvalue weighted by Crippen LogP contribution is -2.38. The Hall–Kier alpha value is -3.12. The molecule has 1 saturated heterocycles. The normalized spacial score (nSPS) is 22.2. The highest BCUT2D eigenvalue weighted by Crippen LogP contribution is 2.35. The van der Waals surface area contributed by atoms with Crippen molar-refractivity contribution in [2.75, 3.05) is 13.1 Å². The van der Waals surface area contributed by atoms with Gasteiger partial charge in [-0.25, -0.2) is 5.01 Å². The average Bonchev–Trinajstić information content (AvgIpc) is 3.55. The topological polar surface area (TPSA) is 62.2 Å². The lowest BCUT2D eigenvalue weighted by Gasteiger charge is -2.27. The van der Waals surface area contributed by atoms with Crippen LogP contribution in [0.25, 0.3) is 0 Å². The molecule has 1 fully saturated rings. The molecule has 4 heterocycles. The number of carbonyl (C=O) groups is 1. The Balaban J connectivity index is 1.38. The minimum atomic E-state index is -0.240. The zero-order valence-electron chi connectivity index (χ0n) is 16.1. The Labute approximate surface area is 169 Å². The minimum absolute atomic E-state index is 0.0178. The third-order valence-electron chi connectivity index (χ3n) is 5.73. The third kappa shape index (κ3) is 3.51. The van der Waals surface area contributed by atoms with Crippen molar-refractivity contribution in [1.29, 1.82) is 0 Å². The molecule has 0 N–H and O–H groups in total. The smallest absolute Gasteiger partial charge is 0.257 e. The highest BCUT2D eigenvalue weighted by molar-refractivity contribution is 6.01. The molecule has 1 amide bonds. The fourth-order valence-corrected chi connectivity index (χ4v) is 4.35. The predicted octanol–water partition coefficient (Wildman–Crippen LogP) is 4.39. The molecule has 2 unspecified atom stereocenters. The first-order valence-corrected chi connectivity index (χ1v) is 10.1. The van der Waals surface area contributed by atoms with E-state index in [9.17, 15) is 4.79 Å². The van der Waals surface area contributed by atoms with Gasteiger partial charge >= 0.3 is 0 Å². The van der Waals surface area contributed by atoms with Crippen LogP contribution in [-0.4, -0.2) is 34.6 Å². The number of hydrazone groups is 1. The summed E-state index contributed by atoms with van der Waals surface area (Å²) in [5.41, 5.74) is 2.03. The molecule has 0 radical (unpaired) electrons. The number of furan rings is 2. The van der Waals surface area contributed by atoms with Crippen molar-refractivity contribution in [1.82, 2.24) is 9.91 Å². The van der Waals surface area contributed by atoms with Crippen LogP contribution in [0.15, 0.2) is 81.1 Å². The maximum absolute atomic E-state index is 13.3. The molecule has 2 atom stereocenters. The van der Waals surface area contributed by atoms with Gasteiger partial charge in [0.2, 0.25) is 0 Å². The monoisotopic (exact) mass is 389 g/mol. The van der Waals surface area contributed by atoms with Crippen molar-refractivity contribution in [3.8, 4) is 0 Å². The summed E-state index contributed by atoms with van der Waals surface area (Å²) < 4.78 is 11.1. The molecule has 1 aromatic carbocycles. The molecule has 2 aromatic heterocycles. The SMILES string of the molecule is O=C(CN1CCCC1c1ccccc1)N1N=C(c2ccco2)CC1c1ccco1. The molecule has 0 saturated carbocycles. The van der Waals surface area contributed by atoms with Crippen LogP contribution < -0.4 is 0 Å². The van der Waals surface area contributed by atoms with Crippen LogP contribution in [0.4, 0.5) is 0 Å². The largest absolute Gasteiger partial charge is 0.467 e. The van der Waals surface area contributed by atoms with E-state index in [1.165, 1.54) is 5.56 Å². The number of likely N-dealkylation sites (tertiary alicyclic amines) is 1. The summed E-state index contributed by atoms with van der Waals surface area (Å²) in [6.07, 6.45) is 6.00. The number of hydrogen-bond acceptors (Lipinski definition) is 5. The van der Waals surface area contributed by atoms with Crippen molar-refractivity contribution in [2.24, 2.45) is 5.10 Å². The molecule has 3 aromatic rings. The Bertz CT molecular complexity index is 980. The van der Waals surface area contributed by atoms with E-state index in [-0.39, 0.29) is 18.0 Å². The number of carbonyl (C=O) groups excluding carboxylic acids is 1. The van der Waals surface area contributed by atoms with E-state index >= 15 is 0 Å². The van der Waals surface area contributed by atoms with E-state index < -0.39 is 0 Å². The molecular weight excluding hydrogens is 366 g/mol. The number of benzene rings is 1. The van der Waals surface area contributed by atoms with Gasteiger partial charge in [0, 0.05) is 12.5 Å². The molecule has 148 valence electrons. The van der Waals surface area contributed by atoms with Gasteiger partial charge in [0.15, 0.2) is 0 Å². The second kappa shape index (κ2) is 7.72. The van der Waals surface area contributed by atoms with Gasteiger partial charge in [0.05, 0.1) is 19.1 Å². The van der Waals surface area contributed by atoms with Crippen LogP contribution in [-0.2, 0) is 4.79 Å². The Morgan fingerprint density at radius 2 is 1.83 bits per heavy atom. The summed E-state index contributed by atoms with van der Waals surface area (Å²) in [5, 5.41) is 6.21. The second-order valence-corrected chi connectivity index (χ2v) is 7.54. The standard InChI is InChI=1S/C23H23N3O3/c27-23(16-25-12-4-9-19(25)17-7-2-1-3-8-17)26-20(22-11-6-14-29-22)15-18(24-26)21-10-5-13-28-21/h1-3,5-8,10-11,13-14,19-20H,4,9,12,15-16H2. The third-order valence-corrected chi connectivity index (χ3v) is 5.73. The van der Waals surface area contributed by atoms with Crippen LogP contribution >= 0.6 is 0 Å². The quantitative estimate of drug-likeness (QED) is 0.649. The number of rotatable bonds is 5. The van der Waals surface area contributed by atoms with E-state index in [0.717, 1.165) is 30.9 Å². The van der Waals surface area contributed by atoms with Crippen molar-refractivity contribution in [3.63, 3.8) is 0 Å². The van der Waals surface area contributed by atoms with Gasteiger partial charge in [0.1, 0.15) is 23.3 Å². The van der Waals surface area contributed by atoms with E-state index in [2.05, 4.69) is 34.3 Å². The summed E-state index contributed by atoms with van der Waals surface area (Å²) in [4.78, 5) is 15.6. The Morgan fingerprint density at radius 1 is 1.00 bits per heavy atom. The molecule has 6 heteroatoms. The van der Waals surface area contributed by atoms with Crippen LogP contribution in [0.5, 0.6) is 0 Å². The zero-order valence-corrected chi connectivity index (χ0v) is 16.1. The van der Waals surface area contributed by atoms with Crippen molar-refractivity contribution in [3.05, 3.63) is 84.2 Å². The molecule has 2 aliphatic heterocycles. The number of hydrogen-bond donors (Lipinski definition) is 0. The summed E-state index contributed by atoms with van der Waals surface area (Å²) in [5.74, 6) is 1.42. The number of nitrogens with zero attached hydrogens (tertiary/aromatic N) is 3. The highest BCUT2D eigenvalue weighted by atomic mass is 16.3. The molecule has 0 spiro atoms. The molecule has 5 rings (SSSR count). The first-order chi connectivity index (χ1) is 14.3. The van der Waals surface area contributed by atoms with Gasteiger partial charge in [-0.1, -0.05) is 30.3 Å². The fourth-order valence-electron chi connectivity index (χ4n) is 4.35. The van der Waals surface area contributed by atoms with E-state index in [1.54, 1.807) is 17.5 Å². The molecule has 0 aliphatic carbocycles. The lowest BCUT2D eigenvalue weighted by atomic mass is 10.0. The van der Waals surface area contributed by atoms with Crippen LogP contribution in [0, 0.1) is 0 Å². The van der Waals surface area contributed by atoms with Gasteiger partial charge in [-0.2, -0.15) is 5.10 Å². The molecule has 0 bridgehead atoms. The van der Waals surface area contributed by atoms with E-state index in [0.29, 0.717) is 18.7 Å². The summed E-state index contributed by atoms with van der Waals surface area (Å²) in [7, 11) is 0. The van der Waals surface area contributed by atoms with Crippen molar-refractivity contribution in [2.45, 2.75) is 31.3 Å². The van der Waals surface area contributed by atoms with Crippen LogP contribution in [0.2, 0.25) is 0 Å². The van der Waals surface area contributed by atoms with Crippen LogP contribution in [0.1, 0.15) is 48.4 Å². The maximum atomic E-state index is 13.3. The van der Waals surface area contributed by atoms with Gasteiger partial charge in [-0.05, 0) is 49.2 Å². The average molecular weight is 389 g/mol. The lowest BCUT2D eigenvalue weighted by molar-refractivity contribution is -0.134. The van der Waals surface area contributed by atoms with Crippen LogP contribution in [0.3, 0.4) is 0 Å². The minimum Gasteiger partial charge on any atom is -0.467 e. The van der Waals surface area contributed by atoms with Gasteiger partial charge in [-0.3, -0.25) is 9.69 Å². The molecule has 29 heavy (non-hydrogen) atoms. The molecule has 6 nitrogen and oxygen atoms in total. The molecule has 2 aliphatic rings.